The van der Waals surface area contributed by atoms with Crippen LogP contribution in [0.3, 0.4) is 0 Å². The van der Waals surface area contributed by atoms with Crippen LogP contribution in [0.1, 0.15) is 12.8 Å². The third kappa shape index (κ3) is 3.15. The lowest BCUT2D eigenvalue weighted by molar-refractivity contribution is 0.194. The first-order chi connectivity index (χ1) is 11.8. The van der Waals surface area contributed by atoms with E-state index in [9.17, 15) is 0 Å². The minimum absolute atomic E-state index is 0.408. The predicted octanol–water partition coefficient (Wildman–Crippen LogP) is 2.30. The van der Waals surface area contributed by atoms with Gasteiger partial charge >= 0.3 is 0 Å². The highest BCUT2D eigenvalue weighted by Crippen LogP contribution is 2.23. The third-order valence-electron chi connectivity index (χ3n) is 4.12. The van der Waals surface area contributed by atoms with Crippen molar-refractivity contribution in [2.45, 2.75) is 19.5 Å². The first kappa shape index (κ1) is 15.2. The van der Waals surface area contributed by atoms with E-state index in [2.05, 4.69) is 36.8 Å². The number of hydrogen-bond donors (Lipinski definition) is 0. The monoisotopic (exact) mass is 342 g/mol. The maximum Gasteiger partial charge on any atom is 0.241 e. The maximum atomic E-state index is 5.40. The van der Waals surface area contributed by atoms with Gasteiger partial charge in [0.2, 0.25) is 11.7 Å². The molecule has 0 bridgehead atoms. The number of nitrogens with zero attached hydrogens (tertiary/aromatic N) is 6. The smallest absolute Gasteiger partial charge is 0.241 e. The number of hydrogen-bond acceptors (Lipinski definition) is 8. The van der Waals surface area contributed by atoms with Gasteiger partial charge in [-0.1, -0.05) is 5.16 Å². The Labute approximate surface area is 144 Å². The fraction of sp³-hybridized carbons (Fsp3) is 0.375. The van der Waals surface area contributed by atoms with E-state index in [1.165, 1.54) is 0 Å². The van der Waals surface area contributed by atoms with E-state index in [-0.39, 0.29) is 0 Å². The van der Waals surface area contributed by atoms with Crippen molar-refractivity contribution in [2.75, 3.05) is 24.5 Å². The molecule has 1 fully saturated rings. The molecule has 0 unspecified atom stereocenters. The SMILES string of the molecule is C[C@@H]1CN(Cc2nc(-c3cccnc3)no2)CCN1c1nccs1. The lowest BCUT2D eigenvalue weighted by Crippen LogP contribution is -2.51. The summed E-state index contributed by atoms with van der Waals surface area (Å²) in [6.07, 6.45) is 5.33. The van der Waals surface area contributed by atoms with Crippen LogP contribution in [-0.4, -0.2) is 50.7 Å². The first-order valence-electron chi connectivity index (χ1n) is 7.91. The molecule has 0 spiro atoms. The minimum atomic E-state index is 0.408. The van der Waals surface area contributed by atoms with Crippen LogP contribution < -0.4 is 4.90 Å². The van der Waals surface area contributed by atoms with E-state index in [0.29, 0.717) is 24.3 Å². The van der Waals surface area contributed by atoms with E-state index < -0.39 is 0 Å². The van der Waals surface area contributed by atoms with Crippen LogP contribution in [0.15, 0.2) is 40.6 Å². The molecule has 1 atom stereocenters. The summed E-state index contributed by atoms with van der Waals surface area (Å²) in [7, 11) is 0. The van der Waals surface area contributed by atoms with E-state index in [0.717, 1.165) is 30.3 Å². The molecule has 124 valence electrons. The Bertz CT molecular complexity index is 775. The first-order valence-corrected chi connectivity index (χ1v) is 8.79. The lowest BCUT2D eigenvalue weighted by atomic mass is 10.2. The molecule has 0 aliphatic carbocycles. The summed E-state index contributed by atoms with van der Waals surface area (Å²) in [6.45, 7) is 5.75. The van der Waals surface area contributed by atoms with Crippen LogP contribution in [0, 0.1) is 0 Å². The molecule has 4 heterocycles. The molecule has 0 N–H and O–H groups in total. The highest BCUT2D eigenvalue weighted by atomic mass is 32.1. The minimum Gasteiger partial charge on any atom is -0.343 e. The summed E-state index contributed by atoms with van der Waals surface area (Å²) >= 11 is 1.69. The van der Waals surface area contributed by atoms with Gasteiger partial charge in [0.05, 0.1) is 6.54 Å². The predicted molar refractivity (Wildman–Crippen MR) is 91.7 cm³/mol. The Morgan fingerprint density at radius 1 is 1.33 bits per heavy atom. The van der Waals surface area contributed by atoms with Gasteiger partial charge in [-0.2, -0.15) is 4.98 Å². The third-order valence-corrected chi connectivity index (χ3v) is 4.93. The Morgan fingerprint density at radius 3 is 3.04 bits per heavy atom. The number of thiazole rings is 1. The highest BCUT2D eigenvalue weighted by molar-refractivity contribution is 7.13. The van der Waals surface area contributed by atoms with E-state index in [1.54, 1.807) is 23.7 Å². The summed E-state index contributed by atoms with van der Waals surface area (Å²) in [5.74, 6) is 1.23. The van der Waals surface area contributed by atoms with Gasteiger partial charge in [-0.15, -0.1) is 11.3 Å². The van der Waals surface area contributed by atoms with Gasteiger partial charge < -0.3 is 9.42 Å². The second kappa shape index (κ2) is 6.66. The molecule has 0 aromatic carbocycles. The Kier molecular flexibility index (Phi) is 4.22. The zero-order valence-corrected chi connectivity index (χ0v) is 14.2. The van der Waals surface area contributed by atoms with Crippen LogP contribution in [0.25, 0.3) is 11.4 Å². The topological polar surface area (TPSA) is 71.2 Å². The van der Waals surface area contributed by atoms with Crippen LogP contribution in [0.5, 0.6) is 0 Å². The molecule has 24 heavy (non-hydrogen) atoms. The molecule has 4 rings (SSSR count). The number of anilines is 1. The summed E-state index contributed by atoms with van der Waals surface area (Å²) in [5, 5.41) is 7.17. The van der Waals surface area contributed by atoms with Crippen molar-refractivity contribution < 1.29 is 4.52 Å². The summed E-state index contributed by atoms with van der Waals surface area (Å²) in [6, 6.07) is 4.20. The zero-order chi connectivity index (χ0) is 16.4. The van der Waals surface area contributed by atoms with Gasteiger partial charge in [-0.05, 0) is 19.1 Å². The molecule has 0 amide bonds. The van der Waals surface area contributed by atoms with Gasteiger partial charge in [0, 0.05) is 55.2 Å². The molecular weight excluding hydrogens is 324 g/mol. The molecule has 7 nitrogen and oxygen atoms in total. The van der Waals surface area contributed by atoms with Crippen molar-refractivity contribution in [3.05, 3.63) is 42.0 Å². The standard InChI is InChI=1S/C16H18N6OS/c1-12-10-21(6-7-22(12)16-18-5-8-24-16)11-14-19-15(20-23-14)13-3-2-4-17-9-13/h2-5,8-9,12H,6-7,10-11H2,1H3/t12-/m1/s1. The van der Waals surface area contributed by atoms with E-state index in [4.69, 9.17) is 4.52 Å². The molecule has 1 aliphatic rings. The van der Waals surface area contributed by atoms with Crippen LogP contribution in [0.4, 0.5) is 5.13 Å². The van der Waals surface area contributed by atoms with E-state index in [1.807, 2.05) is 23.7 Å². The van der Waals surface area contributed by atoms with Gasteiger partial charge in [-0.3, -0.25) is 9.88 Å². The summed E-state index contributed by atoms with van der Waals surface area (Å²) in [4.78, 5) is 17.7. The Balaban J connectivity index is 1.39. The number of pyridine rings is 1. The summed E-state index contributed by atoms with van der Waals surface area (Å²) in [5.41, 5.74) is 0.870. The molecule has 3 aromatic heterocycles. The molecule has 8 heteroatoms. The molecule has 1 saturated heterocycles. The lowest BCUT2D eigenvalue weighted by Gasteiger charge is -2.39. The highest BCUT2D eigenvalue weighted by Gasteiger charge is 2.26. The molecule has 3 aromatic rings. The molecule has 0 saturated carbocycles. The number of piperazine rings is 1. The Morgan fingerprint density at radius 2 is 2.29 bits per heavy atom. The molecule has 1 aliphatic heterocycles. The quantitative estimate of drug-likeness (QED) is 0.720. The van der Waals surface area contributed by atoms with Crippen molar-refractivity contribution in [1.29, 1.82) is 0 Å². The maximum absolute atomic E-state index is 5.40. The van der Waals surface area contributed by atoms with Crippen LogP contribution in [0.2, 0.25) is 0 Å². The molecular formula is C16H18N6OS. The van der Waals surface area contributed by atoms with Gasteiger partial charge in [0.15, 0.2) is 5.13 Å². The largest absolute Gasteiger partial charge is 0.343 e. The van der Waals surface area contributed by atoms with Gasteiger partial charge in [0.25, 0.3) is 0 Å². The summed E-state index contributed by atoms with van der Waals surface area (Å²) < 4.78 is 5.40. The van der Waals surface area contributed by atoms with Crippen molar-refractivity contribution in [3.8, 4) is 11.4 Å². The number of rotatable bonds is 4. The van der Waals surface area contributed by atoms with Gasteiger partial charge in [-0.25, -0.2) is 4.98 Å². The zero-order valence-electron chi connectivity index (χ0n) is 13.4. The average molecular weight is 342 g/mol. The Hall–Kier alpha value is -2.32. The number of aromatic nitrogens is 4. The normalized spacial score (nSPS) is 18.9. The van der Waals surface area contributed by atoms with Gasteiger partial charge in [0.1, 0.15) is 0 Å². The second-order valence-electron chi connectivity index (χ2n) is 5.85. The van der Waals surface area contributed by atoms with E-state index >= 15 is 0 Å². The van der Waals surface area contributed by atoms with Crippen molar-refractivity contribution in [1.82, 2.24) is 25.0 Å². The second-order valence-corrected chi connectivity index (χ2v) is 6.72. The van der Waals surface area contributed by atoms with Crippen molar-refractivity contribution in [3.63, 3.8) is 0 Å². The van der Waals surface area contributed by atoms with Crippen LogP contribution >= 0.6 is 11.3 Å². The average Bonchev–Trinajstić information content (AvgIpc) is 3.28. The van der Waals surface area contributed by atoms with Crippen molar-refractivity contribution >= 4 is 16.5 Å². The fourth-order valence-corrected chi connectivity index (χ4v) is 3.71. The molecule has 0 radical (unpaired) electrons. The fourth-order valence-electron chi connectivity index (χ4n) is 2.94. The van der Waals surface area contributed by atoms with Crippen molar-refractivity contribution in [2.24, 2.45) is 0 Å². The van der Waals surface area contributed by atoms with Crippen LogP contribution in [-0.2, 0) is 6.54 Å².